The third kappa shape index (κ3) is 4.47. The molecule has 0 aromatic heterocycles. The second-order valence-corrected chi connectivity index (χ2v) is 7.59. The molecule has 0 saturated carbocycles. The average Bonchev–Trinajstić information content (AvgIpc) is 2.70. The standard InChI is InChI=1S/C20H33N5O2/c1-21-19(22-16-20(23(2)3)8-14-27-15-9-20)25-12-10-24(11-13-25)17-6-4-5-7-18(17)26/h4-7,26H,8-16H2,1-3H3,(H,21,22). The first-order valence-electron chi connectivity index (χ1n) is 9.79. The van der Waals surface area contributed by atoms with Crippen LogP contribution in [0.4, 0.5) is 5.69 Å². The van der Waals surface area contributed by atoms with Gasteiger partial charge < -0.3 is 29.9 Å². The molecule has 1 aromatic rings. The molecule has 0 amide bonds. The normalized spacial score (nSPS) is 20.8. The lowest BCUT2D eigenvalue weighted by atomic mass is 9.88. The Hall–Kier alpha value is -1.99. The van der Waals surface area contributed by atoms with Gasteiger partial charge in [0.05, 0.1) is 5.69 Å². The van der Waals surface area contributed by atoms with Crippen molar-refractivity contribution in [2.75, 3.05) is 72.0 Å². The number of ether oxygens (including phenoxy) is 1. The third-order valence-electron chi connectivity index (χ3n) is 5.96. The highest BCUT2D eigenvalue weighted by Gasteiger charge is 2.35. The van der Waals surface area contributed by atoms with Crippen LogP contribution in [-0.2, 0) is 4.74 Å². The highest BCUT2D eigenvalue weighted by molar-refractivity contribution is 5.80. The van der Waals surface area contributed by atoms with Crippen LogP contribution in [0.3, 0.4) is 0 Å². The predicted molar refractivity (Wildman–Crippen MR) is 110 cm³/mol. The van der Waals surface area contributed by atoms with Crippen molar-refractivity contribution in [1.29, 1.82) is 0 Å². The smallest absolute Gasteiger partial charge is 0.193 e. The van der Waals surface area contributed by atoms with Gasteiger partial charge in [0.25, 0.3) is 0 Å². The summed E-state index contributed by atoms with van der Waals surface area (Å²) >= 11 is 0. The minimum atomic E-state index is 0.117. The highest BCUT2D eigenvalue weighted by atomic mass is 16.5. The summed E-state index contributed by atoms with van der Waals surface area (Å²) in [6.45, 7) is 6.00. The first-order valence-corrected chi connectivity index (χ1v) is 9.79. The van der Waals surface area contributed by atoms with E-state index in [-0.39, 0.29) is 5.54 Å². The first-order chi connectivity index (χ1) is 13.1. The van der Waals surface area contributed by atoms with Gasteiger partial charge in [-0.15, -0.1) is 0 Å². The first kappa shape index (κ1) is 19.8. The SMILES string of the molecule is CN=C(NCC1(N(C)C)CCOCC1)N1CCN(c2ccccc2O)CC1. The van der Waals surface area contributed by atoms with Crippen molar-refractivity contribution in [3.63, 3.8) is 0 Å². The van der Waals surface area contributed by atoms with Gasteiger partial charge in [-0.1, -0.05) is 12.1 Å². The molecule has 0 aliphatic carbocycles. The molecule has 2 aliphatic rings. The minimum absolute atomic E-state index is 0.117. The number of hydrogen-bond acceptors (Lipinski definition) is 5. The summed E-state index contributed by atoms with van der Waals surface area (Å²) in [4.78, 5) is 11.4. The molecule has 0 unspecified atom stereocenters. The summed E-state index contributed by atoms with van der Waals surface area (Å²) in [6, 6.07) is 7.55. The van der Waals surface area contributed by atoms with E-state index in [0.717, 1.165) is 70.4 Å². The largest absolute Gasteiger partial charge is 0.506 e. The molecule has 0 bridgehead atoms. The zero-order valence-electron chi connectivity index (χ0n) is 16.8. The van der Waals surface area contributed by atoms with Gasteiger partial charge in [-0.25, -0.2) is 0 Å². The van der Waals surface area contributed by atoms with E-state index in [4.69, 9.17) is 4.74 Å². The molecule has 2 heterocycles. The maximum absolute atomic E-state index is 10.1. The monoisotopic (exact) mass is 375 g/mol. The average molecular weight is 376 g/mol. The number of hydrogen-bond donors (Lipinski definition) is 2. The molecule has 3 rings (SSSR count). The fraction of sp³-hybridized carbons (Fsp3) is 0.650. The van der Waals surface area contributed by atoms with Gasteiger partial charge in [0.1, 0.15) is 5.75 Å². The van der Waals surface area contributed by atoms with Crippen LogP contribution in [-0.4, -0.2) is 93.5 Å². The molecule has 2 aliphatic heterocycles. The number of phenols is 1. The number of para-hydroxylation sites is 2. The Bertz CT molecular complexity index is 635. The zero-order chi connectivity index (χ0) is 19.3. The van der Waals surface area contributed by atoms with Gasteiger partial charge in [-0.2, -0.15) is 0 Å². The maximum atomic E-state index is 10.1. The van der Waals surface area contributed by atoms with Gasteiger partial charge in [0, 0.05) is 58.5 Å². The van der Waals surface area contributed by atoms with Crippen LogP contribution >= 0.6 is 0 Å². The number of phenolic OH excluding ortho intramolecular Hbond substituents is 1. The Kier molecular flexibility index (Phi) is 6.44. The number of aromatic hydroxyl groups is 1. The van der Waals surface area contributed by atoms with E-state index in [1.807, 2.05) is 25.2 Å². The Morgan fingerprint density at radius 1 is 1.19 bits per heavy atom. The van der Waals surface area contributed by atoms with Gasteiger partial charge >= 0.3 is 0 Å². The summed E-state index contributed by atoms with van der Waals surface area (Å²) in [5, 5.41) is 13.7. The second-order valence-electron chi connectivity index (χ2n) is 7.59. The number of guanidine groups is 1. The molecule has 2 saturated heterocycles. The lowest BCUT2D eigenvalue weighted by Gasteiger charge is -2.44. The maximum Gasteiger partial charge on any atom is 0.193 e. The van der Waals surface area contributed by atoms with E-state index in [9.17, 15) is 5.11 Å². The fourth-order valence-corrected chi connectivity index (χ4v) is 4.00. The van der Waals surface area contributed by atoms with Crippen LogP contribution in [0.1, 0.15) is 12.8 Å². The number of benzene rings is 1. The fourth-order valence-electron chi connectivity index (χ4n) is 4.00. The van der Waals surface area contributed by atoms with Crippen LogP contribution in [0.25, 0.3) is 0 Å². The number of piperazine rings is 1. The molecule has 0 radical (unpaired) electrons. The molecule has 7 heteroatoms. The molecule has 7 nitrogen and oxygen atoms in total. The Labute approximate surface area is 162 Å². The Morgan fingerprint density at radius 3 is 2.44 bits per heavy atom. The van der Waals surface area contributed by atoms with Crippen molar-refractivity contribution >= 4 is 11.6 Å². The number of aliphatic imine (C=N–C) groups is 1. The summed E-state index contributed by atoms with van der Waals surface area (Å²) in [5.74, 6) is 1.31. The van der Waals surface area contributed by atoms with Crippen molar-refractivity contribution in [3.05, 3.63) is 24.3 Å². The number of nitrogens with zero attached hydrogens (tertiary/aromatic N) is 4. The number of anilines is 1. The van der Waals surface area contributed by atoms with Gasteiger partial charge in [0.15, 0.2) is 5.96 Å². The number of likely N-dealkylation sites (N-methyl/N-ethyl adjacent to an activating group) is 1. The Balaban J connectivity index is 1.57. The summed E-state index contributed by atoms with van der Waals surface area (Å²) in [6.07, 6.45) is 2.07. The lowest BCUT2D eigenvalue weighted by molar-refractivity contribution is -0.00526. The number of nitrogens with one attached hydrogen (secondary N) is 1. The summed E-state index contributed by atoms with van der Waals surface area (Å²) in [5.41, 5.74) is 1.03. The lowest BCUT2D eigenvalue weighted by Crippen LogP contribution is -2.59. The van der Waals surface area contributed by atoms with Crippen molar-refractivity contribution < 1.29 is 9.84 Å². The van der Waals surface area contributed by atoms with Crippen LogP contribution in [0.2, 0.25) is 0 Å². The zero-order valence-corrected chi connectivity index (χ0v) is 16.8. The van der Waals surface area contributed by atoms with E-state index in [0.29, 0.717) is 5.75 Å². The third-order valence-corrected chi connectivity index (χ3v) is 5.96. The van der Waals surface area contributed by atoms with E-state index in [2.05, 4.69) is 39.1 Å². The molecule has 2 N–H and O–H groups in total. The van der Waals surface area contributed by atoms with Crippen molar-refractivity contribution in [2.24, 2.45) is 4.99 Å². The second kappa shape index (κ2) is 8.80. The van der Waals surface area contributed by atoms with E-state index in [1.165, 1.54) is 0 Å². The quantitative estimate of drug-likeness (QED) is 0.609. The van der Waals surface area contributed by atoms with Gasteiger partial charge in [0.2, 0.25) is 0 Å². The highest BCUT2D eigenvalue weighted by Crippen LogP contribution is 2.27. The molecule has 0 atom stereocenters. The molecular weight excluding hydrogens is 342 g/mol. The van der Waals surface area contributed by atoms with Crippen LogP contribution in [0.15, 0.2) is 29.3 Å². The van der Waals surface area contributed by atoms with Crippen LogP contribution in [0, 0.1) is 0 Å². The van der Waals surface area contributed by atoms with Gasteiger partial charge in [-0.05, 0) is 39.1 Å². The van der Waals surface area contributed by atoms with E-state index < -0.39 is 0 Å². The molecule has 27 heavy (non-hydrogen) atoms. The van der Waals surface area contributed by atoms with Crippen LogP contribution < -0.4 is 10.2 Å². The topological polar surface area (TPSA) is 63.6 Å². The summed E-state index contributed by atoms with van der Waals surface area (Å²) in [7, 11) is 6.16. The predicted octanol–water partition coefficient (Wildman–Crippen LogP) is 1.20. The van der Waals surface area contributed by atoms with Crippen molar-refractivity contribution in [3.8, 4) is 5.75 Å². The van der Waals surface area contributed by atoms with Gasteiger partial charge in [-0.3, -0.25) is 4.99 Å². The van der Waals surface area contributed by atoms with E-state index in [1.54, 1.807) is 6.07 Å². The van der Waals surface area contributed by atoms with Crippen LogP contribution in [0.5, 0.6) is 5.75 Å². The molecule has 1 aromatic carbocycles. The van der Waals surface area contributed by atoms with Crippen molar-refractivity contribution in [1.82, 2.24) is 15.1 Å². The Morgan fingerprint density at radius 2 is 1.85 bits per heavy atom. The molecular formula is C20H33N5O2. The molecule has 0 spiro atoms. The van der Waals surface area contributed by atoms with Crippen molar-refractivity contribution in [2.45, 2.75) is 18.4 Å². The summed E-state index contributed by atoms with van der Waals surface area (Å²) < 4.78 is 5.57. The minimum Gasteiger partial charge on any atom is -0.506 e. The van der Waals surface area contributed by atoms with E-state index >= 15 is 0 Å². The number of rotatable bonds is 4. The molecule has 150 valence electrons. The molecule has 2 fully saturated rings.